The molecule has 2 aromatic rings. The van der Waals surface area contributed by atoms with Crippen LogP contribution in [0.3, 0.4) is 0 Å². The highest BCUT2D eigenvalue weighted by atomic mass is 15.3. The van der Waals surface area contributed by atoms with Crippen molar-refractivity contribution in [3.63, 3.8) is 0 Å². The topological polar surface area (TPSA) is 80.3 Å². The summed E-state index contributed by atoms with van der Waals surface area (Å²) in [5.41, 5.74) is 3.44. The first kappa shape index (κ1) is 11.3. The highest BCUT2D eigenvalue weighted by Gasteiger charge is 2.38. The molecule has 3 rings (SSSR count). The summed E-state index contributed by atoms with van der Waals surface area (Å²) in [6, 6.07) is 0. The maximum atomic E-state index is 5.44. The molecule has 0 aliphatic heterocycles. The minimum absolute atomic E-state index is 0.0344. The number of fused-ring (bicyclic) bond motifs is 1. The van der Waals surface area contributed by atoms with Crippen molar-refractivity contribution in [1.82, 2.24) is 14.4 Å². The Morgan fingerprint density at radius 1 is 1.44 bits per heavy atom. The molecule has 1 fully saturated rings. The molecule has 96 valence electrons. The van der Waals surface area contributed by atoms with Gasteiger partial charge >= 0.3 is 0 Å². The standard InChI is InChI=1S/C12H18N6/c1-12(2,8-3-4-8)16-10-11-14-5-6-18(11)7-9(15-10)17-13/h5-8,17H,3-4,13H2,1-2H3,(H,15,16). The van der Waals surface area contributed by atoms with Crippen molar-refractivity contribution < 1.29 is 0 Å². The summed E-state index contributed by atoms with van der Waals surface area (Å²) in [5, 5.41) is 3.49. The van der Waals surface area contributed by atoms with Gasteiger partial charge in [-0.05, 0) is 32.6 Å². The fourth-order valence-electron chi connectivity index (χ4n) is 2.30. The molecule has 0 aromatic carbocycles. The third-order valence-electron chi connectivity index (χ3n) is 3.56. The number of nitrogens with two attached hydrogens (primary N) is 1. The Morgan fingerprint density at radius 2 is 2.22 bits per heavy atom. The Balaban J connectivity index is 2.01. The minimum atomic E-state index is 0.0344. The van der Waals surface area contributed by atoms with Gasteiger partial charge < -0.3 is 15.1 Å². The maximum absolute atomic E-state index is 5.44. The van der Waals surface area contributed by atoms with Crippen molar-refractivity contribution in [3.8, 4) is 0 Å². The van der Waals surface area contributed by atoms with Gasteiger partial charge in [0.05, 0.1) is 6.20 Å². The predicted molar refractivity (Wildman–Crippen MR) is 71.2 cm³/mol. The molecular formula is C12H18N6. The third-order valence-corrected chi connectivity index (χ3v) is 3.56. The fraction of sp³-hybridized carbons (Fsp3) is 0.500. The fourth-order valence-corrected chi connectivity index (χ4v) is 2.30. The number of imidazole rings is 1. The van der Waals surface area contributed by atoms with E-state index in [9.17, 15) is 0 Å². The van der Waals surface area contributed by atoms with Gasteiger partial charge in [0.1, 0.15) is 0 Å². The van der Waals surface area contributed by atoms with E-state index in [0.29, 0.717) is 11.7 Å². The van der Waals surface area contributed by atoms with Gasteiger partial charge in [-0.1, -0.05) is 0 Å². The third kappa shape index (κ3) is 1.88. The van der Waals surface area contributed by atoms with Gasteiger partial charge in [-0.2, -0.15) is 0 Å². The van der Waals surface area contributed by atoms with E-state index in [4.69, 9.17) is 5.84 Å². The number of hydrogen-bond acceptors (Lipinski definition) is 5. The van der Waals surface area contributed by atoms with E-state index in [1.807, 2.05) is 16.8 Å². The molecule has 4 N–H and O–H groups in total. The normalized spacial score (nSPS) is 15.9. The molecule has 1 aliphatic rings. The largest absolute Gasteiger partial charge is 0.362 e. The quantitative estimate of drug-likeness (QED) is 0.564. The Labute approximate surface area is 106 Å². The van der Waals surface area contributed by atoms with Crippen molar-refractivity contribution in [2.75, 3.05) is 10.7 Å². The molecule has 6 nitrogen and oxygen atoms in total. The number of aromatic nitrogens is 3. The van der Waals surface area contributed by atoms with Crippen LogP contribution in [0.1, 0.15) is 26.7 Å². The summed E-state index contributed by atoms with van der Waals surface area (Å²) in [7, 11) is 0. The number of hydrogen-bond donors (Lipinski definition) is 3. The van der Waals surface area contributed by atoms with Crippen LogP contribution >= 0.6 is 0 Å². The molecule has 0 unspecified atom stereocenters. The van der Waals surface area contributed by atoms with Crippen molar-refractivity contribution in [2.45, 2.75) is 32.2 Å². The first-order valence-corrected chi connectivity index (χ1v) is 6.18. The number of nitrogen functional groups attached to an aromatic ring is 1. The second-order valence-corrected chi connectivity index (χ2v) is 5.40. The molecule has 1 aliphatic carbocycles. The summed E-state index contributed by atoms with van der Waals surface area (Å²) in [4.78, 5) is 8.78. The van der Waals surface area contributed by atoms with Crippen molar-refractivity contribution in [3.05, 3.63) is 18.6 Å². The van der Waals surface area contributed by atoms with Crippen molar-refractivity contribution in [1.29, 1.82) is 0 Å². The first-order chi connectivity index (χ1) is 8.60. The lowest BCUT2D eigenvalue weighted by Crippen LogP contribution is -2.34. The van der Waals surface area contributed by atoms with E-state index in [2.05, 4.69) is 34.6 Å². The van der Waals surface area contributed by atoms with Crippen LogP contribution in [0.15, 0.2) is 18.6 Å². The molecule has 6 heteroatoms. The van der Waals surface area contributed by atoms with Gasteiger partial charge in [-0.15, -0.1) is 0 Å². The van der Waals surface area contributed by atoms with Crippen molar-refractivity contribution in [2.24, 2.45) is 11.8 Å². The first-order valence-electron chi connectivity index (χ1n) is 6.18. The Kier molecular flexibility index (Phi) is 2.41. The average molecular weight is 246 g/mol. The Bertz CT molecular complexity index is 569. The van der Waals surface area contributed by atoms with Gasteiger partial charge in [0.15, 0.2) is 17.3 Å². The summed E-state index contributed by atoms with van der Waals surface area (Å²) in [6.45, 7) is 4.41. The summed E-state index contributed by atoms with van der Waals surface area (Å²) < 4.78 is 1.91. The molecule has 0 bridgehead atoms. The zero-order valence-electron chi connectivity index (χ0n) is 10.6. The smallest absolute Gasteiger partial charge is 0.180 e. The molecule has 2 heterocycles. The van der Waals surface area contributed by atoms with E-state index >= 15 is 0 Å². The molecule has 18 heavy (non-hydrogen) atoms. The molecule has 0 amide bonds. The second-order valence-electron chi connectivity index (χ2n) is 5.40. The lowest BCUT2D eigenvalue weighted by molar-refractivity contribution is 0.493. The lowest BCUT2D eigenvalue weighted by Gasteiger charge is -2.27. The number of nitrogens with one attached hydrogen (secondary N) is 2. The molecular weight excluding hydrogens is 228 g/mol. The van der Waals surface area contributed by atoms with Crippen LogP contribution in [0.4, 0.5) is 11.6 Å². The number of hydrazine groups is 1. The van der Waals surface area contributed by atoms with E-state index < -0.39 is 0 Å². The highest BCUT2D eigenvalue weighted by molar-refractivity contribution is 5.66. The van der Waals surface area contributed by atoms with E-state index in [1.54, 1.807) is 6.20 Å². The van der Waals surface area contributed by atoms with E-state index in [1.165, 1.54) is 12.8 Å². The van der Waals surface area contributed by atoms with Crippen LogP contribution in [0.5, 0.6) is 0 Å². The van der Waals surface area contributed by atoms with E-state index in [-0.39, 0.29) is 5.54 Å². The molecule has 0 atom stereocenters. The molecule has 0 spiro atoms. The van der Waals surface area contributed by atoms with Gasteiger partial charge in [0.2, 0.25) is 0 Å². The van der Waals surface area contributed by atoms with Crippen LogP contribution in [0.2, 0.25) is 0 Å². The van der Waals surface area contributed by atoms with Crippen LogP contribution in [0.25, 0.3) is 5.65 Å². The zero-order valence-corrected chi connectivity index (χ0v) is 10.6. The Hall–Kier alpha value is -1.82. The van der Waals surface area contributed by atoms with Crippen molar-refractivity contribution >= 4 is 17.3 Å². The average Bonchev–Trinajstić information content (AvgIpc) is 3.09. The van der Waals surface area contributed by atoms with Gasteiger partial charge in [-0.3, -0.25) is 0 Å². The molecule has 2 aromatic heterocycles. The number of nitrogens with zero attached hydrogens (tertiary/aromatic N) is 3. The van der Waals surface area contributed by atoms with Crippen LogP contribution in [0, 0.1) is 5.92 Å². The van der Waals surface area contributed by atoms with Gasteiger partial charge in [0, 0.05) is 17.9 Å². The second kappa shape index (κ2) is 3.84. The lowest BCUT2D eigenvalue weighted by atomic mass is 9.99. The maximum Gasteiger partial charge on any atom is 0.180 e. The van der Waals surface area contributed by atoms with Gasteiger partial charge in [0.25, 0.3) is 0 Å². The van der Waals surface area contributed by atoms with Crippen LogP contribution in [-0.2, 0) is 0 Å². The van der Waals surface area contributed by atoms with Gasteiger partial charge in [-0.25, -0.2) is 15.8 Å². The van der Waals surface area contributed by atoms with Crippen LogP contribution in [-0.4, -0.2) is 19.9 Å². The Morgan fingerprint density at radius 3 is 2.89 bits per heavy atom. The minimum Gasteiger partial charge on any atom is -0.362 e. The summed E-state index contributed by atoms with van der Waals surface area (Å²) >= 11 is 0. The summed E-state index contributed by atoms with van der Waals surface area (Å²) in [6.07, 6.45) is 8.01. The monoisotopic (exact) mass is 246 g/mol. The highest BCUT2D eigenvalue weighted by Crippen LogP contribution is 2.41. The molecule has 0 saturated heterocycles. The summed E-state index contributed by atoms with van der Waals surface area (Å²) in [5.74, 6) is 7.54. The number of rotatable bonds is 4. The van der Waals surface area contributed by atoms with E-state index in [0.717, 1.165) is 11.5 Å². The molecule has 1 saturated carbocycles. The predicted octanol–water partition coefficient (Wildman–Crippen LogP) is 1.62. The number of anilines is 2. The molecule has 0 radical (unpaired) electrons. The van der Waals surface area contributed by atoms with Crippen LogP contribution < -0.4 is 16.6 Å². The zero-order chi connectivity index (χ0) is 12.8. The SMILES string of the molecule is CC(C)(Nc1nc(NN)cn2ccnc12)C1CC1.